The number of carboxylic acids is 1. The molecule has 0 aromatic heterocycles. The molecule has 8 heteroatoms. The molecule has 0 spiro atoms. The van der Waals surface area contributed by atoms with Crippen molar-refractivity contribution in [3.8, 4) is 0 Å². The Morgan fingerprint density at radius 2 is 2.00 bits per heavy atom. The first-order valence-electron chi connectivity index (χ1n) is 7.51. The van der Waals surface area contributed by atoms with Crippen molar-refractivity contribution in [2.24, 2.45) is 4.99 Å². The first kappa shape index (κ1) is 17.1. The molecule has 0 saturated carbocycles. The molecule has 132 valence electrons. The molecule has 2 aliphatic rings. The second kappa shape index (κ2) is 5.94. The molecule has 0 bridgehead atoms. The van der Waals surface area contributed by atoms with E-state index in [-0.39, 0.29) is 17.2 Å². The third kappa shape index (κ3) is 2.57. The number of fused-ring (bicyclic) bond motifs is 1. The van der Waals surface area contributed by atoms with E-state index in [0.29, 0.717) is 0 Å². The maximum absolute atomic E-state index is 14.2. The van der Waals surface area contributed by atoms with E-state index >= 15 is 0 Å². The Morgan fingerprint density at radius 1 is 1.36 bits per heavy atom. The lowest BCUT2D eigenvalue weighted by Crippen LogP contribution is -2.54. The van der Waals surface area contributed by atoms with Crippen LogP contribution in [-0.4, -0.2) is 33.4 Å². The molecule has 0 amide bonds. The van der Waals surface area contributed by atoms with Gasteiger partial charge in [-0.15, -0.1) is 0 Å². The van der Waals surface area contributed by atoms with Crippen LogP contribution in [0.15, 0.2) is 47.1 Å². The summed E-state index contributed by atoms with van der Waals surface area (Å²) in [6.45, 7) is 2.48. The van der Waals surface area contributed by atoms with Crippen molar-refractivity contribution < 1.29 is 27.8 Å². The molecule has 1 aromatic carbocycles. The molecule has 2 aliphatic heterocycles. The van der Waals surface area contributed by atoms with Gasteiger partial charge in [-0.25, -0.2) is 18.0 Å². The lowest BCUT2D eigenvalue weighted by molar-refractivity contribution is -0.147. The van der Waals surface area contributed by atoms with Crippen LogP contribution in [0, 0.1) is 11.6 Å². The number of carboxylic acid groups (broad SMARTS) is 1. The zero-order valence-corrected chi connectivity index (χ0v) is 13.5. The molecular formula is C17H15F3N2O3. The number of aliphatic imine (C=N–C) groups is 1. The minimum atomic E-state index is -1.41. The minimum Gasteiger partial charge on any atom is -0.482 e. The number of nitrogens with zero attached hydrogens (tertiary/aromatic N) is 2. The minimum absolute atomic E-state index is 0.0193. The number of halogens is 3. The van der Waals surface area contributed by atoms with Crippen LogP contribution in [0.4, 0.5) is 13.2 Å². The summed E-state index contributed by atoms with van der Waals surface area (Å²) in [5.41, 5.74) is -1.76. The van der Waals surface area contributed by atoms with Gasteiger partial charge in [0, 0.05) is 6.20 Å². The summed E-state index contributed by atoms with van der Waals surface area (Å²) in [7, 11) is 0. The Morgan fingerprint density at radius 3 is 2.60 bits per heavy atom. The highest BCUT2D eigenvalue weighted by Crippen LogP contribution is 2.36. The summed E-state index contributed by atoms with van der Waals surface area (Å²) in [4.78, 5) is 17.1. The number of allylic oxidation sites excluding steroid dienone is 2. The summed E-state index contributed by atoms with van der Waals surface area (Å²) >= 11 is 0. The molecule has 0 radical (unpaired) electrons. The second-order valence-corrected chi connectivity index (χ2v) is 5.93. The van der Waals surface area contributed by atoms with E-state index in [2.05, 4.69) is 4.99 Å². The van der Waals surface area contributed by atoms with Crippen LogP contribution in [0.2, 0.25) is 0 Å². The van der Waals surface area contributed by atoms with Gasteiger partial charge in [0.25, 0.3) is 0 Å². The third-order valence-electron chi connectivity index (χ3n) is 4.50. The summed E-state index contributed by atoms with van der Waals surface area (Å²) in [6.07, 6.45) is 2.30. The van der Waals surface area contributed by atoms with E-state index in [4.69, 9.17) is 4.74 Å². The van der Waals surface area contributed by atoms with Crippen molar-refractivity contribution in [3.63, 3.8) is 0 Å². The van der Waals surface area contributed by atoms with Crippen LogP contribution >= 0.6 is 0 Å². The first-order chi connectivity index (χ1) is 11.8. The highest BCUT2D eigenvalue weighted by atomic mass is 19.1. The van der Waals surface area contributed by atoms with Gasteiger partial charge in [-0.3, -0.25) is 4.99 Å². The lowest BCUT2D eigenvalue weighted by atomic mass is 9.93. The molecule has 0 fully saturated rings. The number of hydrogen-bond acceptors (Lipinski definition) is 4. The van der Waals surface area contributed by atoms with Gasteiger partial charge in [-0.1, -0.05) is 6.07 Å². The number of aliphatic carboxylic acids is 1. The van der Waals surface area contributed by atoms with Gasteiger partial charge in [0.1, 0.15) is 18.2 Å². The number of rotatable bonds is 4. The average molecular weight is 352 g/mol. The molecule has 2 atom stereocenters. The van der Waals surface area contributed by atoms with Crippen molar-refractivity contribution in [3.05, 3.63) is 59.3 Å². The maximum atomic E-state index is 14.2. The highest BCUT2D eigenvalue weighted by molar-refractivity contribution is 6.04. The van der Waals surface area contributed by atoms with Gasteiger partial charge in [0.05, 0.1) is 11.6 Å². The van der Waals surface area contributed by atoms with Gasteiger partial charge in [-0.2, -0.15) is 0 Å². The molecule has 0 aliphatic carbocycles. The fourth-order valence-electron chi connectivity index (χ4n) is 2.74. The van der Waals surface area contributed by atoms with Gasteiger partial charge in [0.2, 0.25) is 0 Å². The molecule has 2 heterocycles. The Bertz CT molecular complexity index is 814. The Hall–Kier alpha value is -2.77. The predicted molar refractivity (Wildman–Crippen MR) is 83.2 cm³/mol. The summed E-state index contributed by atoms with van der Waals surface area (Å²) in [5, 5.41) is 9.52. The Balaban J connectivity index is 1.91. The van der Waals surface area contributed by atoms with E-state index in [1.807, 2.05) is 0 Å². The van der Waals surface area contributed by atoms with E-state index in [0.717, 1.165) is 18.2 Å². The van der Waals surface area contributed by atoms with Crippen molar-refractivity contribution in [1.82, 2.24) is 4.90 Å². The fourth-order valence-corrected chi connectivity index (χ4v) is 2.74. The molecular weight excluding hydrogens is 337 g/mol. The molecule has 1 aromatic rings. The Kier molecular flexibility index (Phi) is 4.06. The molecule has 1 N–H and O–H groups in total. The summed E-state index contributed by atoms with van der Waals surface area (Å²) in [5.74, 6) is -3.93. The van der Waals surface area contributed by atoms with Crippen LogP contribution in [0.1, 0.15) is 19.4 Å². The monoisotopic (exact) mass is 352 g/mol. The third-order valence-corrected chi connectivity index (χ3v) is 4.50. The van der Waals surface area contributed by atoms with E-state index < -0.39 is 41.6 Å². The van der Waals surface area contributed by atoms with Crippen LogP contribution < -0.4 is 0 Å². The van der Waals surface area contributed by atoms with Gasteiger partial charge < -0.3 is 14.7 Å². The summed E-state index contributed by atoms with van der Waals surface area (Å²) in [6, 6.07) is 2.66. The SMILES string of the molecule is CC1N=C2C(OCc3c(F)cccc3F)=C(F)C=CN2C1(C)C(=O)O. The van der Waals surface area contributed by atoms with E-state index in [1.165, 1.54) is 24.1 Å². The van der Waals surface area contributed by atoms with Crippen LogP contribution in [0.25, 0.3) is 0 Å². The topological polar surface area (TPSA) is 62.1 Å². The normalized spacial score (nSPS) is 25.1. The predicted octanol–water partition coefficient (Wildman–Crippen LogP) is 3.14. The van der Waals surface area contributed by atoms with Crippen molar-refractivity contribution in [2.45, 2.75) is 32.0 Å². The number of hydrogen-bond donors (Lipinski definition) is 1. The Labute approximate surface area is 141 Å². The quantitative estimate of drug-likeness (QED) is 0.904. The molecule has 5 nitrogen and oxygen atoms in total. The fraction of sp³-hybridized carbons (Fsp3) is 0.294. The highest BCUT2D eigenvalue weighted by Gasteiger charge is 2.52. The number of carbonyl (C=O) groups is 1. The molecule has 3 rings (SSSR count). The average Bonchev–Trinajstić information content (AvgIpc) is 2.81. The molecule has 2 unspecified atom stereocenters. The second-order valence-electron chi connectivity index (χ2n) is 5.93. The van der Waals surface area contributed by atoms with Gasteiger partial charge in [0.15, 0.2) is 23.0 Å². The first-order valence-corrected chi connectivity index (χ1v) is 7.51. The smallest absolute Gasteiger partial charge is 0.331 e. The van der Waals surface area contributed by atoms with Crippen molar-refractivity contribution in [2.75, 3.05) is 0 Å². The number of amidine groups is 1. The van der Waals surface area contributed by atoms with Crippen LogP contribution in [0.3, 0.4) is 0 Å². The zero-order valence-electron chi connectivity index (χ0n) is 13.5. The van der Waals surface area contributed by atoms with E-state index in [9.17, 15) is 23.1 Å². The molecule has 0 saturated heterocycles. The molecule has 25 heavy (non-hydrogen) atoms. The van der Waals surface area contributed by atoms with Crippen molar-refractivity contribution in [1.29, 1.82) is 0 Å². The van der Waals surface area contributed by atoms with E-state index in [1.54, 1.807) is 6.92 Å². The zero-order chi connectivity index (χ0) is 18.4. The lowest BCUT2D eigenvalue weighted by Gasteiger charge is -2.34. The standard InChI is InChI=1S/C17H15F3N2O3/c1-9-17(2,16(23)24)22-7-6-13(20)14(15(22)21-9)25-8-10-11(18)4-3-5-12(10)19/h3-7,9H,8H2,1-2H3,(H,23,24). The number of ether oxygens (including phenoxy) is 1. The van der Waals surface area contributed by atoms with Crippen molar-refractivity contribution >= 4 is 11.8 Å². The van der Waals surface area contributed by atoms with Gasteiger partial charge in [-0.05, 0) is 32.1 Å². The van der Waals surface area contributed by atoms with Crippen LogP contribution in [0.5, 0.6) is 0 Å². The largest absolute Gasteiger partial charge is 0.482 e. The summed E-state index contributed by atoms with van der Waals surface area (Å²) < 4.78 is 46.9. The number of benzene rings is 1. The van der Waals surface area contributed by atoms with Gasteiger partial charge >= 0.3 is 5.97 Å². The maximum Gasteiger partial charge on any atom is 0.331 e. The van der Waals surface area contributed by atoms with Crippen LogP contribution in [-0.2, 0) is 16.1 Å².